The van der Waals surface area contributed by atoms with Gasteiger partial charge in [0.2, 0.25) is 0 Å². The molecule has 1 aliphatic heterocycles. The second-order valence-electron chi connectivity index (χ2n) is 2.32. The molecule has 1 aliphatic rings. The highest BCUT2D eigenvalue weighted by atomic mass is 32.2. The van der Waals surface area contributed by atoms with E-state index in [-0.39, 0.29) is 0 Å². The maximum atomic E-state index is 5.18. The molecular formula is C10H25NO3S. The normalized spacial score (nSPS) is 15.8. The van der Waals surface area contributed by atoms with Crippen molar-refractivity contribution in [2.45, 2.75) is 46.6 Å². The van der Waals surface area contributed by atoms with Crippen LogP contribution >= 0.6 is 12.2 Å². The molecule has 4 nitrogen and oxygen atoms in total. The molecule has 1 saturated heterocycles. The standard InChI is InChI=1S/C6H13NO3S.2C2H6/c1-8-10-11-7-6-2-4-9-5-3-6;2*1-2/h6-7H,2-5H2,1H3;2*1-2H3. The van der Waals surface area contributed by atoms with Crippen LogP contribution in [0.4, 0.5) is 0 Å². The van der Waals surface area contributed by atoms with Gasteiger partial charge in [-0.15, -0.1) is 4.33 Å². The van der Waals surface area contributed by atoms with Crippen LogP contribution in [0, 0.1) is 0 Å². The summed E-state index contributed by atoms with van der Waals surface area (Å²) in [6, 6.07) is 0.490. The Hall–Kier alpha value is 0.190. The first-order valence-electron chi connectivity index (χ1n) is 5.63. The van der Waals surface area contributed by atoms with Crippen LogP contribution in [0.2, 0.25) is 0 Å². The largest absolute Gasteiger partial charge is 0.381 e. The van der Waals surface area contributed by atoms with E-state index in [4.69, 9.17) is 4.74 Å². The molecule has 0 aromatic carbocycles. The zero-order valence-electron chi connectivity index (χ0n) is 10.5. The Labute approximate surface area is 98.3 Å². The van der Waals surface area contributed by atoms with E-state index >= 15 is 0 Å². The first kappa shape index (κ1) is 17.6. The Morgan fingerprint density at radius 1 is 1.13 bits per heavy atom. The molecule has 0 aliphatic carbocycles. The van der Waals surface area contributed by atoms with Crippen molar-refractivity contribution in [1.82, 2.24) is 4.72 Å². The molecule has 15 heavy (non-hydrogen) atoms. The Morgan fingerprint density at radius 2 is 1.67 bits per heavy atom. The lowest BCUT2D eigenvalue weighted by Crippen LogP contribution is -2.30. The van der Waals surface area contributed by atoms with Crippen molar-refractivity contribution in [3.63, 3.8) is 0 Å². The molecule has 0 aromatic heterocycles. The van der Waals surface area contributed by atoms with E-state index in [0.717, 1.165) is 38.3 Å². The molecule has 0 aromatic rings. The number of hydrogen-bond donors (Lipinski definition) is 1. The maximum absolute atomic E-state index is 5.18. The van der Waals surface area contributed by atoms with Gasteiger partial charge < -0.3 is 4.74 Å². The summed E-state index contributed by atoms with van der Waals surface area (Å²) in [4.78, 5) is 4.40. The predicted molar refractivity (Wildman–Crippen MR) is 65.4 cm³/mol. The van der Waals surface area contributed by atoms with Gasteiger partial charge >= 0.3 is 0 Å². The van der Waals surface area contributed by atoms with Gasteiger partial charge in [0.1, 0.15) is 12.2 Å². The Kier molecular flexibility index (Phi) is 19.5. The highest BCUT2D eigenvalue weighted by Crippen LogP contribution is 2.09. The predicted octanol–water partition coefficient (Wildman–Crippen LogP) is 2.95. The lowest BCUT2D eigenvalue weighted by molar-refractivity contribution is -0.161. The lowest BCUT2D eigenvalue weighted by Gasteiger charge is -2.21. The van der Waals surface area contributed by atoms with Gasteiger partial charge in [0.05, 0.1) is 7.11 Å². The molecule has 94 valence electrons. The highest BCUT2D eigenvalue weighted by molar-refractivity contribution is 7.92. The molecule has 1 rings (SSSR count). The summed E-state index contributed by atoms with van der Waals surface area (Å²) in [5, 5.41) is 0. The van der Waals surface area contributed by atoms with Crippen molar-refractivity contribution in [1.29, 1.82) is 0 Å². The molecular weight excluding hydrogens is 214 g/mol. The Bertz CT molecular complexity index is 101. The van der Waals surface area contributed by atoms with E-state index in [1.807, 2.05) is 27.7 Å². The average molecular weight is 239 g/mol. The van der Waals surface area contributed by atoms with Crippen LogP contribution in [0.15, 0.2) is 0 Å². The number of rotatable bonds is 4. The molecule has 0 saturated carbocycles. The fourth-order valence-electron chi connectivity index (χ4n) is 0.937. The van der Waals surface area contributed by atoms with Gasteiger partial charge in [-0.25, -0.2) is 9.61 Å². The smallest absolute Gasteiger partial charge is 0.118 e. The van der Waals surface area contributed by atoms with Crippen LogP contribution in [0.5, 0.6) is 0 Å². The van der Waals surface area contributed by atoms with Gasteiger partial charge in [-0.05, 0) is 12.8 Å². The monoisotopic (exact) mass is 239 g/mol. The summed E-state index contributed by atoms with van der Waals surface area (Å²) in [7, 11) is 1.48. The van der Waals surface area contributed by atoms with Crippen molar-refractivity contribution in [2.75, 3.05) is 20.3 Å². The van der Waals surface area contributed by atoms with Gasteiger partial charge in [-0.3, -0.25) is 0 Å². The molecule has 0 atom stereocenters. The van der Waals surface area contributed by atoms with E-state index in [0.29, 0.717) is 6.04 Å². The molecule has 5 heteroatoms. The van der Waals surface area contributed by atoms with Crippen LogP contribution in [0.3, 0.4) is 0 Å². The first-order chi connectivity index (χ1) is 7.43. The zero-order valence-corrected chi connectivity index (χ0v) is 11.4. The topological polar surface area (TPSA) is 39.7 Å². The van der Waals surface area contributed by atoms with Gasteiger partial charge in [0, 0.05) is 19.3 Å². The van der Waals surface area contributed by atoms with E-state index in [1.165, 1.54) is 7.11 Å². The molecule has 1 N–H and O–H groups in total. The maximum Gasteiger partial charge on any atom is 0.118 e. The third-order valence-electron chi connectivity index (χ3n) is 1.54. The van der Waals surface area contributed by atoms with Gasteiger partial charge in [-0.2, -0.15) is 0 Å². The fourth-order valence-corrected chi connectivity index (χ4v) is 1.42. The zero-order chi connectivity index (χ0) is 11.9. The summed E-state index contributed by atoms with van der Waals surface area (Å²) in [5.74, 6) is 0. The van der Waals surface area contributed by atoms with Crippen molar-refractivity contribution in [3.8, 4) is 0 Å². The van der Waals surface area contributed by atoms with Crippen LogP contribution < -0.4 is 4.72 Å². The Morgan fingerprint density at radius 3 is 2.13 bits per heavy atom. The number of hydrogen-bond acceptors (Lipinski definition) is 5. The minimum absolute atomic E-state index is 0.490. The van der Waals surface area contributed by atoms with Crippen molar-refractivity contribution in [2.24, 2.45) is 0 Å². The molecule has 0 amide bonds. The third-order valence-corrected chi connectivity index (χ3v) is 2.17. The molecule has 0 bridgehead atoms. The van der Waals surface area contributed by atoms with E-state index in [2.05, 4.69) is 13.9 Å². The van der Waals surface area contributed by atoms with Crippen LogP contribution in [0.1, 0.15) is 40.5 Å². The van der Waals surface area contributed by atoms with Gasteiger partial charge in [0.15, 0.2) is 0 Å². The first-order valence-corrected chi connectivity index (χ1v) is 6.37. The minimum atomic E-state index is 0.490. The molecule has 1 fully saturated rings. The summed E-state index contributed by atoms with van der Waals surface area (Å²) in [5.41, 5.74) is 0. The molecule has 0 spiro atoms. The Balaban J connectivity index is 0. The minimum Gasteiger partial charge on any atom is -0.381 e. The summed E-state index contributed by atoms with van der Waals surface area (Å²) in [6.07, 6.45) is 2.08. The molecule has 0 unspecified atom stereocenters. The summed E-state index contributed by atoms with van der Waals surface area (Å²) >= 11 is 1.13. The highest BCUT2D eigenvalue weighted by Gasteiger charge is 2.12. The van der Waals surface area contributed by atoms with Crippen LogP contribution in [-0.4, -0.2) is 26.4 Å². The lowest BCUT2D eigenvalue weighted by atomic mass is 10.1. The third kappa shape index (κ3) is 12.1. The fraction of sp³-hybridized carbons (Fsp3) is 1.00. The average Bonchev–Trinajstić information content (AvgIpc) is 2.36. The second-order valence-corrected chi connectivity index (χ2v) is 2.86. The van der Waals surface area contributed by atoms with E-state index < -0.39 is 0 Å². The van der Waals surface area contributed by atoms with E-state index in [9.17, 15) is 0 Å². The van der Waals surface area contributed by atoms with Crippen molar-refractivity contribution >= 4 is 12.2 Å². The summed E-state index contributed by atoms with van der Waals surface area (Å²) in [6.45, 7) is 9.68. The van der Waals surface area contributed by atoms with Gasteiger partial charge in [-0.1, -0.05) is 27.7 Å². The van der Waals surface area contributed by atoms with Crippen LogP contribution in [0.25, 0.3) is 0 Å². The SMILES string of the molecule is CC.CC.COOSNC1CCOCC1. The molecule has 0 radical (unpaired) electrons. The van der Waals surface area contributed by atoms with Crippen LogP contribution in [-0.2, 0) is 14.0 Å². The quantitative estimate of drug-likeness (QED) is 0.268. The number of nitrogens with one attached hydrogen (secondary N) is 1. The second kappa shape index (κ2) is 16.6. The summed E-state index contributed by atoms with van der Waals surface area (Å²) < 4.78 is 12.9. The molecule has 1 heterocycles. The van der Waals surface area contributed by atoms with Crippen molar-refractivity contribution < 1.29 is 14.0 Å². The van der Waals surface area contributed by atoms with Crippen molar-refractivity contribution in [3.05, 3.63) is 0 Å². The van der Waals surface area contributed by atoms with E-state index in [1.54, 1.807) is 0 Å². The van der Waals surface area contributed by atoms with Gasteiger partial charge in [0.25, 0.3) is 0 Å². The number of ether oxygens (including phenoxy) is 1.